The Bertz CT molecular complexity index is 858. The van der Waals surface area contributed by atoms with E-state index in [1.807, 2.05) is 11.8 Å². The van der Waals surface area contributed by atoms with Crippen molar-refractivity contribution >= 4 is 21.7 Å². The first kappa shape index (κ1) is 23.7. The van der Waals surface area contributed by atoms with Gasteiger partial charge in [-0.1, -0.05) is 13.0 Å². The van der Waals surface area contributed by atoms with Crippen LogP contribution in [0.5, 0.6) is 0 Å². The molecule has 1 aromatic rings. The number of fused-ring (bicyclic) bond motifs is 2. The zero-order chi connectivity index (χ0) is 19.9. The number of amides is 2. The fraction of sp³-hybridized carbons (Fsp3) is 0.650. The second kappa shape index (κ2) is 9.64. The molecule has 2 unspecified atom stereocenters. The zero-order valence-electron chi connectivity index (χ0n) is 17.5. The molecule has 1 N–H and O–H groups in total. The van der Waals surface area contributed by atoms with Crippen LogP contribution in [0.4, 0.5) is 10.5 Å². The van der Waals surface area contributed by atoms with Crippen molar-refractivity contribution in [2.45, 2.75) is 56.8 Å². The Labute approximate surface area is 215 Å². The summed E-state index contributed by atoms with van der Waals surface area (Å²) < 4.78 is 34.6. The number of hydrogen-bond acceptors (Lipinski definition) is 5. The van der Waals surface area contributed by atoms with Gasteiger partial charge in [0.15, 0.2) is 16.1 Å². The molecule has 2 atom stereocenters. The molecule has 1 fully saturated rings. The molecule has 9 heteroatoms. The van der Waals surface area contributed by atoms with Gasteiger partial charge in [-0.3, -0.25) is 9.69 Å². The summed E-state index contributed by atoms with van der Waals surface area (Å²) in [5.41, 5.74) is 5.71. The first-order valence-corrected chi connectivity index (χ1v) is 11.6. The second-order valence-electron chi connectivity index (χ2n) is 7.94. The van der Waals surface area contributed by atoms with Crippen molar-refractivity contribution in [3.8, 4) is 0 Å². The van der Waals surface area contributed by atoms with Crippen LogP contribution in [0.25, 0.3) is 4.72 Å². The van der Waals surface area contributed by atoms with Crippen molar-refractivity contribution in [3.63, 3.8) is 0 Å². The average molecular weight is 446 g/mol. The number of rotatable bonds is 5. The summed E-state index contributed by atoms with van der Waals surface area (Å²) in [6.07, 6.45) is 5.56. The molecule has 154 valence electrons. The van der Waals surface area contributed by atoms with E-state index in [2.05, 4.69) is 16.1 Å². The molecule has 29 heavy (non-hydrogen) atoms. The predicted molar refractivity (Wildman–Crippen MR) is 108 cm³/mol. The molecular weight excluding hydrogens is 417 g/mol. The van der Waals surface area contributed by atoms with Crippen LogP contribution in [0, 0.1) is 0 Å². The number of carbonyl (C=O) groups is 1. The van der Waals surface area contributed by atoms with Gasteiger partial charge in [-0.25, -0.2) is 8.42 Å². The first-order valence-electron chi connectivity index (χ1n) is 10.1. The molecule has 3 aliphatic rings. The predicted octanol–water partition coefficient (Wildman–Crippen LogP) is -0.377. The average Bonchev–Trinajstić information content (AvgIpc) is 3.39. The van der Waals surface area contributed by atoms with Crippen LogP contribution in [-0.2, 0) is 40.4 Å². The number of anilines is 1. The maximum atomic E-state index is 12.8. The van der Waals surface area contributed by atoms with E-state index in [9.17, 15) is 13.2 Å². The molecule has 2 amide bonds. The van der Waals surface area contributed by atoms with Gasteiger partial charge in [0, 0.05) is 20.2 Å². The summed E-state index contributed by atoms with van der Waals surface area (Å²) in [5, 5.41) is 2.03. The number of benzene rings is 1. The molecular formula is C20H28KN3O4S. The van der Waals surface area contributed by atoms with E-state index in [4.69, 9.17) is 4.74 Å². The first-order chi connectivity index (χ1) is 13.4. The van der Waals surface area contributed by atoms with E-state index in [1.54, 1.807) is 0 Å². The fourth-order valence-corrected chi connectivity index (χ4v) is 6.26. The fourth-order valence-electron chi connectivity index (χ4n) is 4.87. The third-order valence-electron chi connectivity index (χ3n) is 6.34. The monoisotopic (exact) mass is 445 g/mol. The molecule has 1 heterocycles. The van der Waals surface area contributed by atoms with Crippen LogP contribution in [0.3, 0.4) is 0 Å². The van der Waals surface area contributed by atoms with Crippen LogP contribution < -0.4 is 56.7 Å². The minimum absolute atomic E-state index is 0. The van der Waals surface area contributed by atoms with Crippen molar-refractivity contribution < 1.29 is 69.3 Å². The smallest absolute Gasteiger partial charge is 0.423 e. The van der Waals surface area contributed by atoms with Crippen LogP contribution in [0.15, 0.2) is 6.07 Å². The van der Waals surface area contributed by atoms with Crippen molar-refractivity contribution in [1.29, 1.82) is 0 Å². The van der Waals surface area contributed by atoms with Crippen LogP contribution >= 0.6 is 0 Å². The normalized spacial score (nSPS) is 23.4. The largest absolute Gasteiger partial charge is 1.00 e. The summed E-state index contributed by atoms with van der Waals surface area (Å²) in [7, 11) is -2.46. The minimum atomic E-state index is -3.97. The quantitative estimate of drug-likeness (QED) is 0.625. The van der Waals surface area contributed by atoms with Gasteiger partial charge >= 0.3 is 51.4 Å². The van der Waals surface area contributed by atoms with Crippen LogP contribution in [0.1, 0.15) is 42.0 Å². The van der Waals surface area contributed by atoms with E-state index in [0.29, 0.717) is 13.1 Å². The number of nitrogens with zero attached hydrogens (tertiary/aromatic N) is 2. The topological polar surface area (TPSA) is 89.8 Å². The van der Waals surface area contributed by atoms with Gasteiger partial charge in [0.05, 0.1) is 6.10 Å². The number of methoxy groups -OCH3 is 1. The molecule has 1 saturated heterocycles. The van der Waals surface area contributed by atoms with Gasteiger partial charge < -0.3 is 14.8 Å². The van der Waals surface area contributed by atoms with Gasteiger partial charge in [-0.05, 0) is 73.0 Å². The Morgan fingerprint density at radius 1 is 1.17 bits per heavy atom. The second-order valence-corrected chi connectivity index (χ2v) is 9.75. The standard InChI is InChI=1S/C20H29N3O4S.K/c1-3-23-11-17(27-2)18(12-23)28(25,26)22-20(24)21-19-15-8-4-6-13(15)10-14-7-5-9-16(14)19;/h10,17-18H,3-9,11-12H2,1-2H3,(H2,21,22,24);/q;+1/p-1. The summed E-state index contributed by atoms with van der Waals surface area (Å²) in [5.74, 6) is 0. The third-order valence-corrected chi connectivity index (χ3v) is 7.98. The Balaban J connectivity index is 0.00000240. The zero-order valence-corrected chi connectivity index (χ0v) is 21.5. The number of urea groups is 1. The maximum absolute atomic E-state index is 12.8. The Morgan fingerprint density at radius 3 is 2.34 bits per heavy atom. The molecule has 7 nitrogen and oxygen atoms in total. The SMILES string of the molecule is CCN1CC(OC)C(S(=O)(=O)[N-]C(=O)Nc2c3c(cc4c2CCC4)CCC3)C1.[K+]. The van der Waals surface area contributed by atoms with Gasteiger partial charge in [0.2, 0.25) is 0 Å². The Hall–Kier alpha value is -0.00364. The van der Waals surface area contributed by atoms with Crippen LogP contribution in [-0.4, -0.2) is 57.4 Å². The number of hydrogen-bond donors (Lipinski definition) is 1. The molecule has 0 bridgehead atoms. The van der Waals surface area contributed by atoms with E-state index >= 15 is 0 Å². The van der Waals surface area contributed by atoms with Crippen molar-refractivity contribution in [1.82, 2.24) is 4.90 Å². The number of sulfonamides is 1. The number of likely N-dealkylation sites (N-methyl/N-ethyl adjacent to an activating group) is 1. The summed E-state index contributed by atoms with van der Waals surface area (Å²) in [6, 6.07) is 1.48. The summed E-state index contributed by atoms with van der Waals surface area (Å²) in [6.45, 7) is 3.58. The van der Waals surface area contributed by atoms with Crippen molar-refractivity contribution in [2.24, 2.45) is 0 Å². The molecule has 0 spiro atoms. The maximum Gasteiger partial charge on any atom is 1.00 e. The molecule has 2 aliphatic carbocycles. The molecule has 0 saturated carbocycles. The number of carbonyl (C=O) groups excluding carboxylic acids is 1. The molecule has 1 aliphatic heterocycles. The van der Waals surface area contributed by atoms with E-state index in [-0.39, 0.29) is 51.4 Å². The summed E-state index contributed by atoms with van der Waals surface area (Å²) >= 11 is 0. The number of nitrogens with one attached hydrogen (secondary N) is 1. The van der Waals surface area contributed by atoms with Gasteiger partial charge in [0.25, 0.3) is 0 Å². The third kappa shape index (κ3) is 4.77. The van der Waals surface area contributed by atoms with Gasteiger partial charge in [0.1, 0.15) is 5.25 Å². The van der Waals surface area contributed by atoms with Gasteiger partial charge in [-0.2, -0.15) is 0 Å². The number of aryl methyl sites for hydroxylation is 2. The minimum Gasteiger partial charge on any atom is -0.423 e. The van der Waals surface area contributed by atoms with Crippen molar-refractivity contribution in [3.05, 3.63) is 33.0 Å². The Kier molecular flexibility index (Phi) is 7.87. The molecule has 0 aromatic heterocycles. The van der Waals surface area contributed by atoms with Crippen LogP contribution in [0.2, 0.25) is 0 Å². The number of ether oxygens (including phenoxy) is 1. The van der Waals surface area contributed by atoms with Gasteiger partial charge in [-0.15, -0.1) is 0 Å². The summed E-state index contributed by atoms with van der Waals surface area (Å²) in [4.78, 5) is 14.6. The van der Waals surface area contributed by atoms with E-state index in [1.165, 1.54) is 18.2 Å². The molecule has 1 aromatic carbocycles. The van der Waals surface area contributed by atoms with E-state index < -0.39 is 27.4 Å². The molecule has 0 radical (unpaired) electrons. The Morgan fingerprint density at radius 2 is 1.79 bits per heavy atom. The van der Waals surface area contributed by atoms with E-state index in [0.717, 1.165) is 61.9 Å². The number of likely N-dealkylation sites (tertiary alicyclic amines) is 1. The van der Waals surface area contributed by atoms with Crippen molar-refractivity contribution in [2.75, 3.05) is 32.1 Å². The molecule has 4 rings (SSSR count).